The van der Waals surface area contributed by atoms with E-state index in [2.05, 4.69) is 0 Å². The molecule has 0 amide bonds. The van der Waals surface area contributed by atoms with Gasteiger partial charge in [-0.2, -0.15) is 0 Å². The van der Waals surface area contributed by atoms with E-state index < -0.39 is 4.92 Å². The maximum absolute atomic E-state index is 11.1. The van der Waals surface area contributed by atoms with Crippen molar-refractivity contribution >= 4 is 17.7 Å². The van der Waals surface area contributed by atoms with Crippen molar-refractivity contribution in [2.24, 2.45) is 0 Å². The van der Waals surface area contributed by atoms with Crippen LogP contribution in [0.1, 0.15) is 37.0 Å². The smallest absolute Gasteiger partial charge is 0.293 e. The summed E-state index contributed by atoms with van der Waals surface area (Å²) in [6.07, 6.45) is 2.44. The molecule has 5 nitrogen and oxygen atoms in total. The highest BCUT2D eigenvalue weighted by molar-refractivity contribution is 5.89. The Morgan fingerprint density at radius 2 is 1.89 bits per heavy atom. The summed E-state index contributed by atoms with van der Waals surface area (Å²) in [5.41, 5.74) is 0.828. The Labute approximate surface area is 107 Å². The number of benzene rings is 1. The predicted molar refractivity (Wildman–Crippen MR) is 71.3 cm³/mol. The molecule has 0 spiro atoms. The second kappa shape index (κ2) is 6.74. The molecule has 1 aromatic rings. The van der Waals surface area contributed by atoms with E-state index in [0.717, 1.165) is 12.8 Å². The van der Waals surface area contributed by atoms with Gasteiger partial charge in [0.2, 0.25) is 0 Å². The Bertz CT molecular complexity index is 426. The van der Waals surface area contributed by atoms with Crippen LogP contribution >= 0.6 is 0 Å². The van der Waals surface area contributed by atoms with Crippen molar-refractivity contribution in [3.63, 3.8) is 0 Å². The first-order valence-electron chi connectivity index (χ1n) is 6.13. The van der Waals surface area contributed by atoms with Crippen LogP contribution in [0.5, 0.6) is 0 Å². The van der Waals surface area contributed by atoms with E-state index in [1.165, 1.54) is 6.07 Å². The highest BCUT2D eigenvalue weighted by Gasteiger charge is 2.21. The third-order valence-electron chi connectivity index (χ3n) is 2.67. The summed E-state index contributed by atoms with van der Waals surface area (Å²) in [7, 11) is 0. The molecule has 0 radical (unpaired) electrons. The van der Waals surface area contributed by atoms with Crippen molar-refractivity contribution in [2.45, 2.75) is 26.7 Å². The Morgan fingerprint density at radius 1 is 1.28 bits per heavy atom. The summed E-state index contributed by atoms with van der Waals surface area (Å²) in [6, 6.07) is 4.61. The van der Waals surface area contributed by atoms with Crippen LogP contribution in [0.2, 0.25) is 0 Å². The number of carbonyl (C=O) groups excluding carboxylic acids is 1. The van der Waals surface area contributed by atoms with Gasteiger partial charge in [0.15, 0.2) is 6.29 Å². The van der Waals surface area contributed by atoms with E-state index in [9.17, 15) is 14.9 Å². The zero-order chi connectivity index (χ0) is 13.5. The summed E-state index contributed by atoms with van der Waals surface area (Å²) in [5.74, 6) is 0. The average molecular weight is 250 g/mol. The van der Waals surface area contributed by atoms with Crippen molar-refractivity contribution in [3.05, 3.63) is 33.9 Å². The van der Waals surface area contributed by atoms with E-state index in [0.29, 0.717) is 30.6 Å². The zero-order valence-electron chi connectivity index (χ0n) is 10.8. The van der Waals surface area contributed by atoms with Crippen molar-refractivity contribution < 1.29 is 9.72 Å². The maximum atomic E-state index is 11.1. The molecule has 0 bridgehead atoms. The molecule has 0 heterocycles. The van der Waals surface area contributed by atoms with Gasteiger partial charge in [-0.05, 0) is 18.9 Å². The number of hydrogen-bond donors (Lipinski definition) is 0. The molecule has 0 aliphatic heterocycles. The van der Waals surface area contributed by atoms with Crippen molar-refractivity contribution in [1.82, 2.24) is 0 Å². The van der Waals surface area contributed by atoms with Crippen molar-refractivity contribution in [3.8, 4) is 0 Å². The van der Waals surface area contributed by atoms with Gasteiger partial charge in [-0.25, -0.2) is 0 Å². The fourth-order valence-electron chi connectivity index (χ4n) is 2.01. The Kier molecular flexibility index (Phi) is 5.30. The van der Waals surface area contributed by atoms with Crippen molar-refractivity contribution in [2.75, 3.05) is 18.0 Å². The van der Waals surface area contributed by atoms with E-state index in [4.69, 9.17) is 0 Å². The molecule has 98 valence electrons. The second-order valence-corrected chi connectivity index (χ2v) is 4.08. The molecule has 0 unspecified atom stereocenters. The fraction of sp³-hybridized carbons (Fsp3) is 0.462. The molecule has 0 aliphatic carbocycles. The van der Waals surface area contributed by atoms with Crippen LogP contribution in [0.25, 0.3) is 0 Å². The van der Waals surface area contributed by atoms with E-state index >= 15 is 0 Å². The summed E-state index contributed by atoms with van der Waals surface area (Å²) < 4.78 is 0. The lowest BCUT2D eigenvalue weighted by atomic mass is 10.1. The molecule has 0 saturated carbocycles. The average Bonchev–Trinajstić information content (AvgIpc) is 2.37. The van der Waals surface area contributed by atoms with Gasteiger partial charge in [0.25, 0.3) is 5.69 Å². The zero-order valence-corrected chi connectivity index (χ0v) is 10.8. The van der Waals surface area contributed by atoms with Crippen LogP contribution in [0.15, 0.2) is 18.2 Å². The normalized spacial score (nSPS) is 10.1. The van der Waals surface area contributed by atoms with Crippen LogP contribution in [-0.4, -0.2) is 24.3 Å². The van der Waals surface area contributed by atoms with Crippen LogP contribution in [-0.2, 0) is 0 Å². The van der Waals surface area contributed by atoms with Crippen LogP contribution in [0.3, 0.4) is 0 Å². The van der Waals surface area contributed by atoms with Gasteiger partial charge in [0, 0.05) is 24.7 Å². The number of nitro benzene ring substituents is 1. The molecule has 0 aromatic heterocycles. The molecule has 18 heavy (non-hydrogen) atoms. The van der Waals surface area contributed by atoms with Gasteiger partial charge in [0.1, 0.15) is 5.69 Å². The van der Waals surface area contributed by atoms with Crippen LogP contribution in [0, 0.1) is 10.1 Å². The number of nitro groups is 1. The van der Waals surface area contributed by atoms with E-state index in [1.54, 1.807) is 12.1 Å². The Balaban J connectivity index is 3.31. The number of anilines is 1. The SMILES string of the molecule is CCCN(CCC)c1c(C=O)cccc1[N+](=O)[O-]. The third-order valence-corrected chi connectivity index (χ3v) is 2.67. The number of carbonyl (C=O) groups is 1. The fourth-order valence-corrected chi connectivity index (χ4v) is 2.01. The molecular formula is C13H18N2O3. The summed E-state index contributed by atoms with van der Waals surface area (Å²) >= 11 is 0. The lowest BCUT2D eigenvalue weighted by Crippen LogP contribution is -2.26. The summed E-state index contributed by atoms with van der Waals surface area (Å²) in [5, 5.41) is 11.1. The molecule has 0 aliphatic rings. The molecule has 5 heteroatoms. The molecular weight excluding hydrogens is 232 g/mol. The molecule has 0 N–H and O–H groups in total. The third kappa shape index (κ3) is 3.06. The van der Waals surface area contributed by atoms with Crippen LogP contribution < -0.4 is 4.90 Å². The first-order chi connectivity index (χ1) is 8.65. The number of nitrogens with zero attached hydrogens (tertiary/aromatic N) is 2. The number of rotatable bonds is 7. The largest absolute Gasteiger partial charge is 0.365 e. The van der Waals surface area contributed by atoms with E-state index in [-0.39, 0.29) is 5.69 Å². The predicted octanol–water partition coefficient (Wildman–Crippen LogP) is 3.03. The first kappa shape index (κ1) is 14.2. The summed E-state index contributed by atoms with van der Waals surface area (Å²) in [4.78, 5) is 23.6. The van der Waals surface area contributed by atoms with Gasteiger partial charge in [-0.1, -0.05) is 19.9 Å². The monoisotopic (exact) mass is 250 g/mol. The standard InChI is InChI=1S/C13H18N2O3/c1-3-8-14(9-4-2)13-11(10-16)6-5-7-12(13)15(17)18/h5-7,10H,3-4,8-9H2,1-2H3. The number of para-hydroxylation sites is 1. The van der Waals surface area contributed by atoms with Gasteiger partial charge < -0.3 is 4.90 Å². The Hall–Kier alpha value is -1.91. The number of hydrogen-bond acceptors (Lipinski definition) is 4. The molecule has 0 fully saturated rings. The van der Waals surface area contributed by atoms with Crippen LogP contribution in [0.4, 0.5) is 11.4 Å². The lowest BCUT2D eigenvalue weighted by Gasteiger charge is -2.24. The molecule has 0 saturated heterocycles. The van der Waals surface area contributed by atoms with Gasteiger partial charge in [-0.15, -0.1) is 0 Å². The summed E-state index contributed by atoms with van der Waals surface area (Å²) in [6.45, 7) is 5.44. The molecule has 1 rings (SSSR count). The topological polar surface area (TPSA) is 63.5 Å². The molecule has 1 aromatic carbocycles. The van der Waals surface area contributed by atoms with Gasteiger partial charge >= 0.3 is 0 Å². The number of aldehydes is 1. The Morgan fingerprint density at radius 3 is 2.33 bits per heavy atom. The van der Waals surface area contributed by atoms with E-state index in [1.807, 2.05) is 18.7 Å². The van der Waals surface area contributed by atoms with Gasteiger partial charge in [0.05, 0.1) is 4.92 Å². The lowest BCUT2D eigenvalue weighted by molar-refractivity contribution is -0.384. The second-order valence-electron chi connectivity index (χ2n) is 4.08. The highest BCUT2D eigenvalue weighted by atomic mass is 16.6. The minimum atomic E-state index is -0.430. The first-order valence-corrected chi connectivity index (χ1v) is 6.13. The quantitative estimate of drug-likeness (QED) is 0.424. The molecule has 0 atom stereocenters. The van der Waals surface area contributed by atoms with Gasteiger partial charge in [-0.3, -0.25) is 14.9 Å². The van der Waals surface area contributed by atoms with Crippen molar-refractivity contribution in [1.29, 1.82) is 0 Å². The minimum Gasteiger partial charge on any atom is -0.365 e. The minimum absolute atomic E-state index is 0.00139. The highest BCUT2D eigenvalue weighted by Crippen LogP contribution is 2.31. The maximum Gasteiger partial charge on any atom is 0.293 e.